The summed E-state index contributed by atoms with van der Waals surface area (Å²) >= 11 is 0. The Hall–Kier alpha value is -1.10. The molecule has 0 aromatic heterocycles. The molecule has 1 aromatic rings. The highest BCUT2D eigenvalue weighted by molar-refractivity contribution is 5.96. The summed E-state index contributed by atoms with van der Waals surface area (Å²) in [7, 11) is 1.80. The fourth-order valence-electron chi connectivity index (χ4n) is 2.77. The minimum absolute atomic E-state index is 0. The maximum absolute atomic E-state index is 12.5. The number of hydrogen-bond acceptors (Lipinski definition) is 3. The van der Waals surface area contributed by atoms with Crippen molar-refractivity contribution in [2.45, 2.75) is 32.7 Å². The second-order valence-electron chi connectivity index (χ2n) is 5.72. The highest BCUT2D eigenvalue weighted by Crippen LogP contribution is 2.22. The van der Waals surface area contributed by atoms with Crippen LogP contribution in [0.1, 0.15) is 24.0 Å². The van der Waals surface area contributed by atoms with Gasteiger partial charge in [0.1, 0.15) is 0 Å². The van der Waals surface area contributed by atoms with Crippen molar-refractivity contribution in [3.63, 3.8) is 0 Å². The SMILES string of the molecule is Cc1cc(C)cc(N(C)C(=O)C(N)C2CCOCC2)c1.Cl. The number of anilines is 1. The lowest BCUT2D eigenvalue weighted by atomic mass is 9.91. The molecule has 2 N–H and O–H groups in total. The number of nitrogens with zero attached hydrogens (tertiary/aromatic N) is 1. The van der Waals surface area contributed by atoms with E-state index < -0.39 is 6.04 Å². The lowest BCUT2D eigenvalue weighted by molar-refractivity contribution is -0.121. The molecule has 118 valence electrons. The molecule has 0 aliphatic carbocycles. The Bertz CT molecular complexity index is 467. The molecule has 1 aromatic carbocycles. The number of aryl methyl sites for hydroxylation is 2. The summed E-state index contributed by atoms with van der Waals surface area (Å²) in [5.74, 6) is 0.214. The van der Waals surface area contributed by atoms with Crippen molar-refractivity contribution in [3.8, 4) is 0 Å². The third kappa shape index (κ3) is 4.43. The average molecular weight is 313 g/mol. The monoisotopic (exact) mass is 312 g/mol. The van der Waals surface area contributed by atoms with Crippen molar-refractivity contribution in [1.29, 1.82) is 0 Å². The summed E-state index contributed by atoms with van der Waals surface area (Å²) in [4.78, 5) is 14.2. The van der Waals surface area contributed by atoms with E-state index in [4.69, 9.17) is 10.5 Å². The van der Waals surface area contributed by atoms with E-state index in [1.54, 1.807) is 11.9 Å². The standard InChI is InChI=1S/C16H24N2O2.ClH/c1-11-8-12(2)10-14(9-11)18(3)16(19)15(17)13-4-6-20-7-5-13;/h8-10,13,15H,4-7,17H2,1-3H3;1H. The number of halogens is 1. The van der Waals surface area contributed by atoms with Crippen LogP contribution in [-0.2, 0) is 9.53 Å². The summed E-state index contributed by atoms with van der Waals surface area (Å²) in [5.41, 5.74) is 9.38. The summed E-state index contributed by atoms with van der Waals surface area (Å²) in [6, 6.07) is 5.69. The third-order valence-corrected chi connectivity index (χ3v) is 3.98. The molecular formula is C16H25ClN2O2. The van der Waals surface area contributed by atoms with Crippen LogP contribution < -0.4 is 10.6 Å². The van der Waals surface area contributed by atoms with E-state index in [-0.39, 0.29) is 24.2 Å². The van der Waals surface area contributed by atoms with E-state index in [2.05, 4.69) is 6.07 Å². The summed E-state index contributed by atoms with van der Waals surface area (Å²) in [6.45, 7) is 5.48. The summed E-state index contributed by atoms with van der Waals surface area (Å²) < 4.78 is 5.33. The highest BCUT2D eigenvalue weighted by Gasteiger charge is 2.29. The van der Waals surface area contributed by atoms with Crippen LogP contribution in [0.25, 0.3) is 0 Å². The first-order chi connectivity index (χ1) is 9.49. The Morgan fingerprint density at radius 3 is 2.29 bits per heavy atom. The molecule has 1 fully saturated rings. The zero-order valence-electron chi connectivity index (χ0n) is 13.0. The number of benzene rings is 1. The summed E-state index contributed by atoms with van der Waals surface area (Å²) in [6.07, 6.45) is 1.74. The van der Waals surface area contributed by atoms with Gasteiger partial charge in [-0.3, -0.25) is 4.79 Å². The number of hydrogen-bond donors (Lipinski definition) is 1. The van der Waals surface area contributed by atoms with Crippen molar-refractivity contribution >= 4 is 24.0 Å². The van der Waals surface area contributed by atoms with Crippen LogP contribution in [-0.4, -0.2) is 32.2 Å². The number of carbonyl (C=O) groups excluding carboxylic acids is 1. The fourth-order valence-corrected chi connectivity index (χ4v) is 2.77. The minimum Gasteiger partial charge on any atom is -0.381 e. The molecule has 1 aliphatic heterocycles. The number of likely N-dealkylation sites (N-methyl/N-ethyl adjacent to an activating group) is 1. The molecule has 1 atom stereocenters. The van der Waals surface area contributed by atoms with Crippen molar-refractivity contribution in [1.82, 2.24) is 0 Å². The van der Waals surface area contributed by atoms with Crippen LogP contribution in [0.4, 0.5) is 5.69 Å². The van der Waals surface area contributed by atoms with E-state index >= 15 is 0 Å². The van der Waals surface area contributed by atoms with Crippen LogP contribution in [0.2, 0.25) is 0 Å². The van der Waals surface area contributed by atoms with E-state index in [1.165, 1.54) is 0 Å². The van der Waals surface area contributed by atoms with Crippen molar-refractivity contribution in [3.05, 3.63) is 29.3 Å². The van der Waals surface area contributed by atoms with Gasteiger partial charge in [0.2, 0.25) is 5.91 Å². The summed E-state index contributed by atoms with van der Waals surface area (Å²) in [5, 5.41) is 0. The molecule has 4 nitrogen and oxygen atoms in total. The maximum atomic E-state index is 12.5. The Kier molecular flexibility index (Phi) is 6.65. The van der Waals surface area contributed by atoms with Gasteiger partial charge in [-0.2, -0.15) is 0 Å². The highest BCUT2D eigenvalue weighted by atomic mass is 35.5. The zero-order chi connectivity index (χ0) is 14.7. The van der Waals surface area contributed by atoms with E-state index in [9.17, 15) is 4.79 Å². The average Bonchev–Trinajstić information content (AvgIpc) is 2.45. The smallest absolute Gasteiger partial charge is 0.243 e. The van der Waals surface area contributed by atoms with E-state index in [0.717, 1.165) is 29.7 Å². The number of ether oxygens (including phenoxy) is 1. The first-order valence-corrected chi connectivity index (χ1v) is 7.18. The second kappa shape index (κ2) is 7.78. The lowest BCUT2D eigenvalue weighted by Crippen LogP contribution is -2.48. The third-order valence-electron chi connectivity index (χ3n) is 3.98. The molecule has 0 bridgehead atoms. The first-order valence-electron chi connectivity index (χ1n) is 7.18. The van der Waals surface area contributed by atoms with Gasteiger partial charge in [0.15, 0.2) is 0 Å². The van der Waals surface area contributed by atoms with Crippen LogP contribution in [0, 0.1) is 19.8 Å². The number of carbonyl (C=O) groups is 1. The molecule has 1 saturated heterocycles. The van der Waals surface area contributed by atoms with Gasteiger partial charge < -0.3 is 15.4 Å². The van der Waals surface area contributed by atoms with Gasteiger partial charge in [-0.15, -0.1) is 12.4 Å². The molecule has 5 heteroatoms. The molecule has 1 amide bonds. The molecule has 21 heavy (non-hydrogen) atoms. The molecule has 1 aliphatic rings. The quantitative estimate of drug-likeness (QED) is 0.932. The number of rotatable bonds is 3. The second-order valence-corrected chi connectivity index (χ2v) is 5.72. The van der Waals surface area contributed by atoms with Crippen LogP contribution in [0.5, 0.6) is 0 Å². The van der Waals surface area contributed by atoms with Gasteiger partial charge in [-0.05, 0) is 55.9 Å². The van der Waals surface area contributed by atoms with Crippen LogP contribution in [0.15, 0.2) is 18.2 Å². The Morgan fingerprint density at radius 2 is 1.76 bits per heavy atom. The zero-order valence-corrected chi connectivity index (χ0v) is 13.8. The van der Waals surface area contributed by atoms with Crippen molar-refractivity contribution in [2.75, 3.05) is 25.2 Å². The van der Waals surface area contributed by atoms with Gasteiger partial charge in [0.25, 0.3) is 0 Å². The topological polar surface area (TPSA) is 55.6 Å². The molecule has 0 saturated carbocycles. The van der Waals surface area contributed by atoms with Gasteiger partial charge in [-0.25, -0.2) is 0 Å². The van der Waals surface area contributed by atoms with Crippen LogP contribution >= 0.6 is 12.4 Å². The maximum Gasteiger partial charge on any atom is 0.243 e. The van der Waals surface area contributed by atoms with E-state index in [0.29, 0.717) is 13.2 Å². The molecule has 1 unspecified atom stereocenters. The van der Waals surface area contributed by atoms with Gasteiger partial charge in [-0.1, -0.05) is 6.07 Å². The Labute approximate surface area is 133 Å². The fraction of sp³-hybridized carbons (Fsp3) is 0.562. The molecule has 1 heterocycles. The first kappa shape index (κ1) is 18.0. The normalized spacial score (nSPS) is 17.0. The number of amides is 1. The van der Waals surface area contributed by atoms with Crippen LogP contribution in [0.3, 0.4) is 0 Å². The van der Waals surface area contributed by atoms with Crippen molar-refractivity contribution < 1.29 is 9.53 Å². The van der Waals surface area contributed by atoms with Gasteiger partial charge >= 0.3 is 0 Å². The van der Waals surface area contributed by atoms with Gasteiger partial charge in [0, 0.05) is 25.9 Å². The van der Waals surface area contributed by atoms with E-state index in [1.807, 2.05) is 26.0 Å². The Morgan fingerprint density at radius 1 is 1.24 bits per heavy atom. The predicted molar refractivity (Wildman–Crippen MR) is 88.1 cm³/mol. The number of nitrogens with two attached hydrogens (primary N) is 1. The lowest BCUT2D eigenvalue weighted by Gasteiger charge is -2.30. The Balaban J connectivity index is 0.00000220. The molecule has 2 rings (SSSR count). The predicted octanol–water partition coefficient (Wildman–Crippen LogP) is 2.44. The van der Waals surface area contributed by atoms with Gasteiger partial charge in [0.05, 0.1) is 6.04 Å². The molecule has 0 radical (unpaired) electrons. The largest absolute Gasteiger partial charge is 0.381 e. The minimum atomic E-state index is -0.440. The molecule has 0 spiro atoms. The van der Waals surface area contributed by atoms with Crippen molar-refractivity contribution in [2.24, 2.45) is 11.7 Å². The molecular weight excluding hydrogens is 288 g/mol.